The van der Waals surface area contributed by atoms with Crippen LogP contribution < -0.4 is 4.72 Å². The molecule has 0 fully saturated rings. The summed E-state index contributed by atoms with van der Waals surface area (Å²) in [4.78, 5) is 6.92. The maximum Gasteiger partial charge on any atom is 0.201 e. The van der Waals surface area contributed by atoms with Crippen LogP contribution >= 0.6 is 11.9 Å². The summed E-state index contributed by atoms with van der Waals surface area (Å²) < 4.78 is 22.4. The molecule has 106 valence electrons. The third-order valence-electron chi connectivity index (χ3n) is 3.08. The molecule has 0 amide bonds. The standard InChI is InChI=1S/C14H11FN4OS/c1-7-3-10(15)13(14-12(7)9(4-16)5-18-14)19-21-11-6-17-8(2)20-11/h3,5-6,18-19H,1-2H3. The monoisotopic (exact) mass is 302 g/mol. The number of oxazole rings is 1. The van der Waals surface area contributed by atoms with Gasteiger partial charge in [-0.3, -0.25) is 0 Å². The molecular formula is C14H11FN4OS. The molecule has 2 aromatic heterocycles. The normalized spacial score (nSPS) is 10.8. The van der Waals surface area contributed by atoms with Crippen LogP contribution in [0.3, 0.4) is 0 Å². The second kappa shape index (κ2) is 5.14. The van der Waals surface area contributed by atoms with Gasteiger partial charge in [0.25, 0.3) is 0 Å². The van der Waals surface area contributed by atoms with Gasteiger partial charge in [0.2, 0.25) is 5.09 Å². The van der Waals surface area contributed by atoms with Crippen LogP contribution in [0.15, 0.2) is 28.0 Å². The molecule has 0 saturated heterocycles. The summed E-state index contributed by atoms with van der Waals surface area (Å²) >= 11 is 1.12. The third kappa shape index (κ3) is 2.34. The van der Waals surface area contributed by atoms with Gasteiger partial charge < -0.3 is 14.1 Å². The third-order valence-corrected chi connectivity index (χ3v) is 3.78. The van der Waals surface area contributed by atoms with Crippen molar-refractivity contribution in [3.8, 4) is 6.07 Å². The Labute approximate surface area is 124 Å². The lowest BCUT2D eigenvalue weighted by atomic mass is 10.1. The van der Waals surface area contributed by atoms with Gasteiger partial charge in [-0.1, -0.05) is 0 Å². The summed E-state index contributed by atoms with van der Waals surface area (Å²) in [7, 11) is 0. The van der Waals surface area contributed by atoms with Crippen LogP contribution in [0.4, 0.5) is 10.1 Å². The van der Waals surface area contributed by atoms with E-state index in [1.54, 1.807) is 26.2 Å². The summed E-state index contributed by atoms with van der Waals surface area (Å²) in [5, 5.41) is 10.4. The van der Waals surface area contributed by atoms with Gasteiger partial charge in [0.05, 0.1) is 17.3 Å². The molecule has 0 saturated carbocycles. The van der Waals surface area contributed by atoms with E-state index in [0.29, 0.717) is 27.6 Å². The number of benzene rings is 1. The molecule has 0 aliphatic rings. The summed E-state index contributed by atoms with van der Waals surface area (Å²) in [6.07, 6.45) is 3.14. The molecule has 0 radical (unpaired) electrons. The molecule has 0 bridgehead atoms. The van der Waals surface area contributed by atoms with Crippen LogP contribution in [0.25, 0.3) is 10.9 Å². The number of H-pyrrole nitrogens is 1. The van der Waals surface area contributed by atoms with Gasteiger partial charge in [0.1, 0.15) is 17.6 Å². The van der Waals surface area contributed by atoms with Gasteiger partial charge >= 0.3 is 0 Å². The summed E-state index contributed by atoms with van der Waals surface area (Å²) in [6, 6.07) is 3.51. The quantitative estimate of drug-likeness (QED) is 0.717. The lowest BCUT2D eigenvalue weighted by molar-refractivity contribution is 0.442. The largest absolute Gasteiger partial charge is 0.433 e. The van der Waals surface area contributed by atoms with Gasteiger partial charge in [-0.05, 0) is 18.6 Å². The lowest BCUT2D eigenvalue weighted by Crippen LogP contribution is -1.94. The smallest absolute Gasteiger partial charge is 0.201 e. The number of hydrogen-bond acceptors (Lipinski definition) is 5. The van der Waals surface area contributed by atoms with Gasteiger partial charge in [-0.15, -0.1) is 0 Å². The summed E-state index contributed by atoms with van der Waals surface area (Å²) in [5.74, 6) is 0.149. The van der Waals surface area contributed by atoms with E-state index in [4.69, 9.17) is 9.68 Å². The van der Waals surface area contributed by atoms with Crippen molar-refractivity contribution in [2.45, 2.75) is 18.9 Å². The molecule has 1 aromatic carbocycles. The Balaban J connectivity index is 2.02. The van der Waals surface area contributed by atoms with E-state index in [1.165, 1.54) is 6.07 Å². The predicted octanol–water partition coefficient (Wildman–Crippen LogP) is 3.90. The van der Waals surface area contributed by atoms with Crippen LogP contribution in [0.1, 0.15) is 17.0 Å². The average molecular weight is 302 g/mol. The zero-order chi connectivity index (χ0) is 15.0. The highest BCUT2D eigenvalue weighted by atomic mass is 32.2. The van der Waals surface area contributed by atoms with E-state index >= 15 is 0 Å². The van der Waals surface area contributed by atoms with E-state index in [1.807, 2.05) is 0 Å². The molecule has 2 heterocycles. The van der Waals surface area contributed by atoms with Crippen molar-refractivity contribution in [2.24, 2.45) is 0 Å². The summed E-state index contributed by atoms with van der Waals surface area (Å²) in [5.41, 5.74) is 2.06. The number of aryl methyl sites for hydroxylation is 2. The number of anilines is 1. The molecule has 0 unspecified atom stereocenters. The zero-order valence-electron chi connectivity index (χ0n) is 11.3. The van der Waals surface area contributed by atoms with Crippen molar-refractivity contribution in [3.05, 3.63) is 41.3 Å². The highest BCUT2D eigenvalue weighted by Crippen LogP contribution is 2.33. The minimum absolute atomic E-state index is 0.288. The van der Waals surface area contributed by atoms with E-state index in [2.05, 4.69) is 20.8 Å². The predicted molar refractivity (Wildman–Crippen MR) is 78.4 cm³/mol. The molecule has 21 heavy (non-hydrogen) atoms. The average Bonchev–Trinajstić information content (AvgIpc) is 3.05. The Morgan fingerprint density at radius 1 is 1.48 bits per heavy atom. The fourth-order valence-electron chi connectivity index (χ4n) is 2.16. The first kappa shape index (κ1) is 13.5. The van der Waals surface area contributed by atoms with Crippen LogP contribution in [-0.4, -0.2) is 9.97 Å². The van der Waals surface area contributed by atoms with Gasteiger partial charge in [-0.25, -0.2) is 9.37 Å². The number of nitrogens with zero attached hydrogens (tertiary/aromatic N) is 2. The number of aromatic amines is 1. The first-order valence-electron chi connectivity index (χ1n) is 6.15. The number of rotatable bonds is 3. The molecule has 3 aromatic rings. The number of hydrogen-bond donors (Lipinski definition) is 2. The van der Waals surface area contributed by atoms with E-state index in [0.717, 1.165) is 17.3 Å². The number of aromatic nitrogens is 2. The van der Waals surface area contributed by atoms with E-state index in [-0.39, 0.29) is 5.69 Å². The Morgan fingerprint density at radius 3 is 2.95 bits per heavy atom. The molecule has 0 atom stereocenters. The van der Waals surface area contributed by atoms with Gasteiger partial charge in [-0.2, -0.15) is 5.26 Å². The number of fused-ring (bicyclic) bond motifs is 1. The number of nitriles is 1. The molecule has 2 N–H and O–H groups in total. The van der Waals surface area contributed by atoms with Crippen molar-refractivity contribution in [1.29, 1.82) is 5.26 Å². The highest BCUT2D eigenvalue weighted by Gasteiger charge is 2.15. The minimum atomic E-state index is -0.393. The summed E-state index contributed by atoms with van der Waals surface area (Å²) in [6.45, 7) is 3.51. The lowest BCUT2D eigenvalue weighted by Gasteiger charge is -2.08. The molecule has 3 rings (SSSR count). The maximum absolute atomic E-state index is 14.2. The van der Waals surface area contributed by atoms with Crippen molar-refractivity contribution in [2.75, 3.05) is 4.72 Å². The first-order chi connectivity index (χ1) is 10.1. The second-order valence-electron chi connectivity index (χ2n) is 4.52. The molecule has 0 aliphatic heterocycles. The maximum atomic E-state index is 14.2. The Bertz CT molecular complexity index is 862. The molecule has 7 heteroatoms. The number of nitrogens with one attached hydrogen (secondary N) is 2. The van der Waals surface area contributed by atoms with E-state index in [9.17, 15) is 4.39 Å². The van der Waals surface area contributed by atoms with Gasteiger partial charge in [0.15, 0.2) is 5.89 Å². The first-order valence-corrected chi connectivity index (χ1v) is 6.97. The van der Waals surface area contributed by atoms with Crippen molar-refractivity contribution in [3.63, 3.8) is 0 Å². The highest BCUT2D eigenvalue weighted by molar-refractivity contribution is 8.00. The van der Waals surface area contributed by atoms with Gasteiger partial charge in [0, 0.05) is 30.5 Å². The SMILES string of the molecule is Cc1ncc(SNc2c(F)cc(C)c3c(C#N)c[nH]c23)o1. The molecule has 0 aliphatic carbocycles. The molecular weight excluding hydrogens is 291 g/mol. The molecule has 0 spiro atoms. The van der Waals surface area contributed by atoms with Crippen LogP contribution in [0, 0.1) is 31.0 Å². The number of halogens is 1. The van der Waals surface area contributed by atoms with Crippen molar-refractivity contribution in [1.82, 2.24) is 9.97 Å². The Morgan fingerprint density at radius 2 is 2.29 bits per heavy atom. The Kier molecular flexibility index (Phi) is 3.31. The van der Waals surface area contributed by atoms with Crippen molar-refractivity contribution < 1.29 is 8.81 Å². The van der Waals surface area contributed by atoms with Crippen molar-refractivity contribution >= 4 is 28.5 Å². The van der Waals surface area contributed by atoms with E-state index < -0.39 is 5.82 Å². The van der Waals surface area contributed by atoms with Crippen LogP contribution in [-0.2, 0) is 0 Å². The minimum Gasteiger partial charge on any atom is -0.433 e. The second-order valence-corrected chi connectivity index (χ2v) is 5.33. The topological polar surface area (TPSA) is 77.6 Å². The fraction of sp³-hybridized carbons (Fsp3) is 0.143. The Hall–Kier alpha value is -2.46. The fourth-order valence-corrected chi connectivity index (χ4v) is 2.83. The zero-order valence-corrected chi connectivity index (χ0v) is 12.1. The van der Waals surface area contributed by atoms with Crippen LogP contribution in [0.5, 0.6) is 0 Å². The molecule has 5 nitrogen and oxygen atoms in total. The van der Waals surface area contributed by atoms with Crippen LogP contribution in [0.2, 0.25) is 0 Å².